The predicted molar refractivity (Wildman–Crippen MR) is 87.9 cm³/mol. The van der Waals surface area contributed by atoms with Crippen LogP contribution in [0.2, 0.25) is 0 Å². The second-order valence-electron chi connectivity index (χ2n) is 6.93. The van der Waals surface area contributed by atoms with E-state index >= 15 is 0 Å². The summed E-state index contributed by atoms with van der Waals surface area (Å²) in [5.74, 6) is 1.45. The van der Waals surface area contributed by atoms with Gasteiger partial charge >= 0.3 is 0 Å². The predicted octanol–water partition coefficient (Wildman–Crippen LogP) is 2.75. The second kappa shape index (κ2) is 6.48. The maximum absolute atomic E-state index is 5.79. The maximum Gasteiger partial charge on any atom is 0.230 e. The van der Waals surface area contributed by atoms with Gasteiger partial charge in [-0.05, 0) is 22.4 Å². The molecule has 6 heteroatoms. The molecule has 22 heavy (non-hydrogen) atoms. The zero-order valence-corrected chi connectivity index (χ0v) is 14.4. The van der Waals surface area contributed by atoms with Crippen molar-refractivity contribution in [3.8, 4) is 0 Å². The van der Waals surface area contributed by atoms with Gasteiger partial charge in [0.25, 0.3) is 0 Å². The van der Waals surface area contributed by atoms with E-state index in [4.69, 9.17) is 4.42 Å². The Morgan fingerprint density at radius 3 is 2.32 bits per heavy atom. The number of hydrogen-bond donors (Lipinski definition) is 0. The highest BCUT2D eigenvalue weighted by molar-refractivity contribution is 7.07. The van der Waals surface area contributed by atoms with Crippen molar-refractivity contribution in [2.24, 2.45) is 0 Å². The van der Waals surface area contributed by atoms with Crippen LogP contribution in [0.3, 0.4) is 0 Å². The lowest BCUT2D eigenvalue weighted by molar-refractivity contribution is 0.113. The summed E-state index contributed by atoms with van der Waals surface area (Å²) in [5, 5.41) is 12.7. The largest absolute Gasteiger partial charge is 0.423 e. The lowest BCUT2D eigenvalue weighted by atomic mass is 9.97. The Bertz CT molecular complexity index is 580. The van der Waals surface area contributed by atoms with Crippen LogP contribution in [-0.2, 0) is 18.5 Å². The lowest BCUT2D eigenvalue weighted by Gasteiger charge is -2.33. The first-order valence-corrected chi connectivity index (χ1v) is 8.73. The van der Waals surface area contributed by atoms with E-state index < -0.39 is 0 Å². The first kappa shape index (κ1) is 15.6. The van der Waals surface area contributed by atoms with E-state index in [9.17, 15) is 0 Å². The van der Waals surface area contributed by atoms with Gasteiger partial charge in [-0.25, -0.2) is 0 Å². The van der Waals surface area contributed by atoms with Gasteiger partial charge < -0.3 is 4.42 Å². The minimum atomic E-state index is -0.0789. The Labute approximate surface area is 135 Å². The number of rotatable bonds is 4. The lowest BCUT2D eigenvalue weighted by Crippen LogP contribution is -2.45. The van der Waals surface area contributed by atoms with E-state index in [1.807, 2.05) is 0 Å². The Balaban J connectivity index is 1.48. The number of nitrogens with zero attached hydrogens (tertiary/aromatic N) is 4. The molecule has 1 aliphatic heterocycles. The van der Waals surface area contributed by atoms with Crippen LogP contribution in [0.5, 0.6) is 0 Å². The zero-order chi connectivity index (χ0) is 15.6. The molecular formula is C16H24N4OS. The molecule has 0 bridgehead atoms. The van der Waals surface area contributed by atoms with Gasteiger partial charge in [-0.3, -0.25) is 9.80 Å². The number of thiophene rings is 1. The average molecular weight is 320 g/mol. The molecule has 0 saturated carbocycles. The molecule has 0 spiro atoms. The van der Waals surface area contributed by atoms with E-state index in [0.717, 1.165) is 51.0 Å². The van der Waals surface area contributed by atoms with Crippen LogP contribution in [0.1, 0.15) is 38.1 Å². The molecule has 2 aromatic rings. The first-order chi connectivity index (χ1) is 10.5. The zero-order valence-electron chi connectivity index (χ0n) is 13.6. The molecule has 0 atom stereocenters. The normalized spacial score (nSPS) is 18.0. The van der Waals surface area contributed by atoms with Crippen LogP contribution in [0.15, 0.2) is 21.2 Å². The van der Waals surface area contributed by atoms with Gasteiger partial charge in [0.05, 0.1) is 6.54 Å². The highest BCUT2D eigenvalue weighted by Crippen LogP contribution is 2.21. The van der Waals surface area contributed by atoms with E-state index in [0.29, 0.717) is 0 Å². The average Bonchev–Trinajstić information content (AvgIpc) is 3.12. The van der Waals surface area contributed by atoms with Crippen LogP contribution in [-0.4, -0.2) is 46.2 Å². The van der Waals surface area contributed by atoms with E-state index in [-0.39, 0.29) is 5.41 Å². The van der Waals surface area contributed by atoms with E-state index in [1.54, 1.807) is 11.3 Å². The van der Waals surface area contributed by atoms with Gasteiger partial charge in [-0.2, -0.15) is 11.3 Å². The van der Waals surface area contributed by atoms with Crippen molar-refractivity contribution >= 4 is 11.3 Å². The standard InChI is InChI=1S/C16H24N4OS/c1-16(2,3)15-18-17-14(21-15)11-20-7-5-19(6-8-20)10-13-4-9-22-12-13/h4,9,12H,5-8,10-11H2,1-3H3. The highest BCUT2D eigenvalue weighted by Gasteiger charge is 2.23. The molecule has 0 amide bonds. The van der Waals surface area contributed by atoms with Crippen LogP contribution in [0, 0.1) is 0 Å². The van der Waals surface area contributed by atoms with Crippen molar-refractivity contribution in [3.05, 3.63) is 34.2 Å². The third kappa shape index (κ3) is 3.94. The molecule has 0 radical (unpaired) electrons. The number of aromatic nitrogens is 2. The number of hydrogen-bond acceptors (Lipinski definition) is 6. The molecule has 3 rings (SSSR count). The van der Waals surface area contributed by atoms with Crippen molar-refractivity contribution in [2.45, 2.75) is 39.3 Å². The van der Waals surface area contributed by atoms with Crippen molar-refractivity contribution in [1.29, 1.82) is 0 Å². The maximum atomic E-state index is 5.79. The summed E-state index contributed by atoms with van der Waals surface area (Å²) in [7, 11) is 0. The van der Waals surface area contributed by atoms with Crippen LogP contribution in [0.25, 0.3) is 0 Å². The molecule has 0 unspecified atom stereocenters. The molecule has 2 aromatic heterocycles. The molecule has 1 aliphatic rings. The fourth-order valence-electron chi connectivity index (χ4n) is 2.56. The van der Waals surface area contributed by atoms with Crippen molar-refractivity contribution in [3.63, 3.8) is 0 Å². The topological polar surface area (TPSA) is 45.4 Å². The summed E-state index contributed by atoms with van der Waals surface area (Å²) in [6.07, 6.45) is 0. The molecule has 0 aliphatic carbocycles. The third-order valence-electron chi connectivity index (χ3n) is 3.92. The Morgan fingerprint density at radius 1 is 1.09 bits per heavy atom. The Kier molecular flexibility index (Phi) is 4.61. The SMILES string of the molecule is CC(C)(C)c1nnc(CN2CCN(Cc3ccsc3)CC2)o1. The fourth-order valence-corrected chi connectivity index (χ4v) is 3.22. The summed E-state index contributed by atoms with van der Waals surface area (Å²) >= 11 is 1.77. The summed E-state index contributed by atoms with van der Waals surface area (Å²) in [6.45, 7) is 12.4. The molecule has 1 fully saturated rings. The van der Waals surface area contributed by atoms with Crippen molar-refractivity contribution in [2.75, 3.05) is 26.2 Å². The van der Waals surface area contributed by atoms with Gasteiger partial charge in [0.2, 0.25) is 11.8 Å². The third-order valence-corrected chi connectivity index (χ3v) is 4.65. The van der Waals surface area contributed by atoms with Gasteiger partial charge in [0.15, 0.2) is 0 Å². The van der Waals surface area contributed by atoms with Crippen LogP contribution >= 0.6 is 11.3 Å². The molecule has 0 N–H and O–H groups in total. The van der Waals surface area contributed by atoms with Crippen molar-refractivity contribution in [1.82, 2.24) is 20.0 Å². The summed E-state index contributed by atoms with van der Waals surface area (Å²) in [6, 6.07) is 2.21. The number of piperazine rings is 1. The minimum absolute atomic E-state index is 0.0789. The molecule has 0 aromatic carbocycles. The summed E-state index contributed by atoms with van der Waals surface area (Å²) < 4.78 is 5.79. The van der Waals surface area contributed by atoms with Crippen LogP contribution < -0.4 is 0 Å². The molecule has 120 valence electrons. The quantitative estimate of drug-likeness (QED) is 0.867. The monoisotopic (exact) mass is 320 g/mol. The van der Waals surface area contributed by atoms with Gasteiger partial charge in [0, 0.05) is 38.1 Å². The second-order valence-corrected chi connectivity index (χ2v) is 7.71. The van der Waals surface area contributed by atoms with E-state index in [2.05, 4.69) is 57.6 Å². The molecule has 3 heterocycles. The van der Waals surface area contributed by atoms with Gasteiger partial charge in [-0.15, -0.1) is 10.2 Å². The Hall–Kier alpha value is -1.24. The van der Waals surface area contributed by atoms with Gasteiger partial charge in [-0.1, -0.05) is 20.8 Å². The smallest absolute Gasteiger partial charge is 0.230 e. The minimum Gasteiger partial charge on any atom is -0.423 e. The molecule has 1 saturated heterocycles. The first-order valence-electron chi connectivity index (χ1n) is 7.79. The molecule has 5 nitrogen and oxygen atoms in total. The van der Waals surface area contributed by atoms with E-state index in [1.165, 1.54) is 5.56 Å². The van der Waals surface area contributed by atoms with Crippen LogP contribution in [0.4, 0.5) is 0 Å². The highest BCUT2D eigenvalue weighted by atomic mass is 32.1. The van der Waals surface area contributed by atoms with Crippen molar-refractivity contribution < 1.29 is 4.42 Å². The Morgan fingerprint density at radius 2 is 1.77 bits per heavy atom. The fraction of sp³-hybridized carbons (Fsp3) is 0.625. The summed E-state index contributed by atoms with van der Waals surface area (Å²) in [4.78, 5) is 4.90. The van der Waals surface area contributed by atoms with Gasteiger partial charge in [0.1, 0.15) is 0 Å². The summed E-state index contributed by atoms with van der Waals surface area (Å²) in [5.41, 5.74) is 1.34. The molecular weight excluding hydrogens is 296 g/mol.